The van der Waals surface area contributed by atoms with E-state index in [1.165, 1.54) is 4.68 Å². The lowest BCUT2D eigenvalue weighted by molar-refractivity contribution is 0.0909. The average Bonchev–Trinajstić information content (AvgIpc) is 2.86. The lowest BCUT2D eigenvalue weighted by Gasteiger charge is -2.05. The maximum absolute atomic E-state index is 11.9. The highest BCUT2D eigenvalue weighted by Gasteiger charge is 2.26. The molecule has 0 spiro atoms. The van der Waals surface area contributed by atoms with E-state index >= 15 is 0 Å². The molecule has 1 aromatic carbocycles. The molecule has 0 amide bonds. The molecule has 19 heavy (non-hydrogen) atoms. The van der Waals surface area contributed by atoms with Crippen molar-refractivity contribution in [2.75, 3.05) is 0 Å². The molecule has 0 fully saturated rings. The Kier molecular flexibility index (Phi) is 2.99. The zero-order valence-electron chi connectivity index (χ0n) is 9.87. The molecule has 0 aliphatic carbocycles. The maximum atomic E-state index is 11.9. The molecule has 1 aromatic heterocycles. The van der Waals surface area contributed by atoms with Gasteiger partial charge in [0.2, 0.25) is 5.91 Å². The molecule has 0 saturated heterocycles. The van der Waals surface area contributed by atoms with Crippen LogP contribution in [0.4, 0.5) is 0 Å². The van der Waals surface area contributed by atoms with Crippen LogP contribution in [-0.4, -0.2) is 15.7 Å². The van der Waals surface area contributed by atoms with Crippen molar-refractivity contribution in [3.05, 3.63) is 55.4 Å². The van der Waals surface area contributed by atoms with Crippen LogP contribution in [0.15, 0.2) is 23.0 Å². The van der Waals surface area contributed by atoms with Crippen LogP contribution in [0.2, 0.25) is 10.0 Å². The summed E-state index contributed by atoms with van der Waals surface area (Å²) in [5.41, 5.74) is 1.77. The van der Waals surface area contributed by atoms with Gasteiger partial charge < -0.3 is 0 Å². The lowest BCUT2D eigenvalue weighted by Crippen LogP contribution is -2.12. The van der Waals surface area contributed by atoms with Gasteiger partial charge in [-0.1, -0.05) is 29.3 Å². The van der Waals surface area contributed by atoms with E-state index in [0.717, 1.165) is 5.69 Å². The number of aromatic amines is 1. The molecule has 4 nitrogen and oxygen atoms in total. The van der Waals surface area contributed by atoms with Crippen LogP contribution in [-0.2, 0) is 12.8 Å². The fraction of sp³-hybridized carbons (Fsp3) is 0.231. The van der Waals surface area contributed by atoms with Gasteiger partial charge in [-0.3, -0.25) is 14.7 Å². The average molecular weight is 297 g/mol. The number of aromatic nitrogens is 2. The molecule has 1 aliphatic heterocycles. The van der Waals surface area contributed by atoms with E-state index in [9.17, 15) is 9.59 Å². The summed E-state index contributed by atoms with van der Waals surface area (Å²) in [6, 6.07) is 5.23. The summed E-state index contributed by atoms with van der Waals surface area (Å²) in [6.45, 7) is 0. The Morgan fingerprint density at radius 3 is 2.47 bits per heavy atom. The van der Waals surface area contributed by atoms with Crippen molar-refractivity contribution in [3.63, 3.8) is 0 Å². The van der Waals surface area contributed by atoms with E-state index in [4.69, 9.17) is 23.2 Å². The van der Waals surface area contributed by atoms with Crippen LogP contribution in [0.3, 0.4) is 0 Å². The van der Waals surface area contributed by atoms with Gasteiger partial charge in [0.15, 0.2) is 0 Å². The smallest absolute Gasteiger partial charge is 0.268 e. The van der Waals surface area contributed by atoms with Gasteiger partial charge in [-0.25, -0.2) is 4.68 Å². The standard InChI is InChI=1S/C13H10Cl2N2O2/c14-9-2-1-3-10(15)7(9)6-8-11-4-5-12(18)17(11)16-13(8)19/h1-3H,4-6H2,(H,16,19). The fourth-order valence-electron chi connectivity index (χ4n) is 2.38. The molecule has 0 radical (unpaired) electrons. The Bertz CT molecular complexity index is 710. The Balaban J connectivity index is 2.08. The number of carbonyl (C=O) groups excluding carboxylic acids is 1. The monoisotopic (exact) mass is 296 g/mol. The number of halogens is 2. The molecule has 0 saturated carbocycles. The molecule has 1 N–H and O–H groups in total. The number of nitrogens with zero attached hydrogens (tertiary/aromatic N) is 1. The zero-order chi connectivity index (χ0) is 13.6. The first-order valence-corrected chi connectivity index (χ1v) is 6.62. The first kappa shape index (κ1) is 12.5. The molecule has 98 valence electrons. The highest BCUT2D eigenvalue weighted by atomic mass is 35.5. The minimum absolute atomic E-state index is 0.0800. The van der Waals surface area contributed by atoms with E-state index in [1.807, 2.05) is 0 Å². The van der Waals surface area contributed by atoms with E-state index in [0.29, 0.717) is 40.4 Å². The molecule has 2 aromatic rings. The number of rotatable bonds is 2. The normalized spacial score (nSPS) is 13.9. The van der Waals surface area contributed by atoms with Crippen LogP contribution < -0.4 is 5.56 Å². The number of hydrogen-bond acceptors (Lipinski definition) is 2. The summed E-state index contributed by atoms with van der Waals surface area (Å²) in [7, 11) is 0. The van der Waals surface area contributed by atoms with Crippen LogP contribution in [0.25, 0.3) is 0 Å². The third-order valence-corrected chi connectivity index (χ3v) is 4.05. The predicted octanol–water partition coefficient (Wildman–Crippen LogP) is 2.66. The van der Waals surface area contributed by atoms with Gasteiger partial charge in [-0.15, -0.1) is 0 Å². The van der Waals surface area contributed by atoms with Gasteiger partial charge in [0, 0.05) is 28.5 Å². The van der Waals surface area contributed by atoms with E-state index in [-0.39, 0.29) is 11.5 Å². The molecular formula is C13H10Cl2N2O2. The molecule has 3 rings (SSSR count). The van der Waals surface area contributed by atoms with Crippen molar-refractivity contribution in [2.24, 2.45) is 0 Å². The first-order valence-electron chi connectivity index (χ1n) is 5.87. The van der Waals surface area contributed by atoms with Crippen molar-refractivity contribution < 1.29 is 4.79 Å². The van der Waals surface area contributed by atoms with Crippen molar-refractivity contribution >= 4 is 29.1 Å². The summed E-state index contributed by atoms with van der Waals surface area (Å²) >= 11 is 12.2. The molecule has 6 heteroatoms. The number of hydrogen-bond donors (Lipinski definition) is 1. The fourth-order valence-corrected chi connectivity index (χ4v) is 2.91. The van der Waals surface area contributed by atoms with Crippen molar-refractivity contribution in [2.45, 2.75) is 19.3 Å². The largest absolute Gasteiger partial charge is 0.273 e. The van der Waals surface area contributed by atoms with Crippen LogP contribution in [0, 0.1) is 0 Å². The minimum atomic E-state index is -0.251. The van der Waals surface area contributed by atoms with Crippen LogP contribution >= 0.6 is 23.2 Å². The molecular weight excluding hydrogens is 287 g/mol. The van der Waals surface area contributed by atoms with Gasteiger partial charge in [-0.2, -0.15) is 0 Å². The van der Waals surface area contributed by atoms with E-state index < -0.39 is 0 Å². The third-order valence-electron chi connectivity index (χ3n) is 3.35. The van der Waals surface area contributed by atoms with Crippen molar-refractivity contribution in [1.82, 2.24) is 9.78 Å². The summed E-state index contributed by atoms with van der Waals surface area (Å²) in [5, 5.41) is 3.61. The van der Waals surface area contributed by atoms with E-state index in [2.05, 4.69) is 5.10 Å². The topological polar surface area (TPSA) is 54.9 Å². The maximum Gasteiger partial charge on any atom is 0.268 e. The quantitative estimate of drug-likeness (QED) is 0.926. The number of carbonyl (C=O) groups is 1. The van der Waals surface area contributed by atoms with Crippen molar-refractivity contribution in [1.29, 1.82) is 0 Å². The SMILES string of the molecule is O=C1CCc2c(Cc3c(Cl)cccc3Cl)c(=O)[nH]n21. The summed E-state index contributed by atoms with van der Waals surface area (Å²) in [6.07, 6.45) is 1.34. The molecule has 2 heterocycles. The number of benzene rings is 1. The summed E-state index contributed by atoms with van der Waals surface area (Å²) in [4.78, 5) is 23.5. The first-order chi connectivity index (χ1) is 9.08. The molecule has 0 atom stereocenters. The van der Waals surface area contributed by atoms with Crippen LogP contribution in [0.1, 0.15) is 28.0 Å². The second-order valence-corrected chi connectivity index (χ2v) is 5.29. The third kappa shape index (κ3) is 2.01. The molecule has 0 unspecified atom stereocenters. The van der Waals surface area contributed by atoms with Crippen LogP contribution in [0.5, 0.6) is 0 Å². The second kappa shape index (κ2) is 4.54. The highest BCUT2D eigenvalue weighted by molar-refractivity contribution is 6.36. The number of fused-ring (bicyclic) bond motifs is 1. The summed E-state index contributed by atoms with van der Waals surface area (Å²) < 4.78 is 1.34. The van der Waals surface area contributed by atoms with E-state index in [1.54, 1.807) is 18.2 Å². The molecule has 0 bridgehead atoms. The van der Waals surface area contributed by atoms with Gasteiger partial charge in [0.1, 0.15) is 0 Å². The number of H-pyrrole nitrogens is 1. The number of nitrogens with one attached hydrogen (secondary N) is 1. The summed E-state index contributed by atoms with van der Waals surface area (Å²) in [5.74, 6) is -0.0800. The van der Waals surface area contributed by atoms with Gasteiger partial charge >= 0.3 is 0 Å². The zero-order valence-corrected chi connectivity index (χ0v) is 11.4. The predicted molar refractivity (Wildman–Crippen MR) is 73.3 cm³/mol. The van der Waals surface area contributed by atoms with Gasteiger partial charge in [-0.05, 0) is 24.1 Å². The van der Waals surface area contributed by atoms with Gasteiger partial charge in [0.05, 0.1) is 5.69 Å². The molecule has 1 aliphatic rings. The van der Waals surface area contributed by atoms with Gasteiger partial charge in [0.25, 0.3) is 5.56 Å². The highest BCUT2D eigenvalue weighted by Crippen LogP contribution is 2.28. The second-order valence-electron chi connectivity index (χ2n) is 4.47. The lowest BCUT2D eigenvalue weighted by atomic mass is 10.0. The Morgan fingerprint density at radius 2 is 1.79 bits per heavy atom. The Hall–Kier alpha value is -1.52. The van der Waals surface area contributed by atoms with Crippen molar-refractivity contribution in [3.8, 4) is 0 Å². The Labute approximate surface area is 118 Å². The minimum Gasteiger partial charge on any atom is -0.273 e. The Morgan fingerprint density at radius 1 is 1.11 bits per heavy atom.